The van der Waals surface area contributed by atoms with Gasteiger partial charge in [0.2, 0.25) is 5.91 Å². The Morgan fingerprint density at radius 1 is 1.19 bits per heavy atom. The fourth-order valence-corrected chi connectivity index (χ4v) is 4.34. The van der Waals surface area contributed by atoms with E-state index in [2.05, 4.69) is 21.3 Å². The van der Waals surface area contributed by atoms with Crippen LogP contribution in [0, 0.1) is 11.3 Å². The first kappa shape index (κ1) is 17.2. The minimum absolute atomic E-state index is 0.0109. The van der Waals surface area contributed by atoms with Crippen molar-refractivity contribution >= 4 is 11.6 Å². The number of hydrogen-bond acceptors (Lipinski definition) is 4. The Labute approximate surface area is 154 Å². The van der Waals surface area contributed by atoms with E-state index in [9.17, 15) is 4.79 Å². The van der Waals surface area contributed by atoms with Crippen LogP contribution in [0.5, 0.6) is 0 Å². The lowest BCUT2D eigenvalue weighted by molar-refractivity contribution is -0.124. The first-order chi connectivity index (χ1) is 12.8. The van der Waals surface area contributed by atoms with Crippen molar-refractivity contribution in [3.63, 3.8) is 0 Å². The van der Waals surface area contributed by atoms with E-state index in [1.54, 1.807) is 6.20 Å². The number of hydrogen-bond donors (Lipinski definition) is 1. The van der Waals surface area contributed by atoms with Crippen molar-refractivity contribution in [2.24, 2.45) is 11.3 Å². The fraction of sp³-hybridized carbons (Fsp3) is 0.429. The fourth-order valence-electron chi connectivity index (χ4n) is 4.34. The van der Waals surface area contributed by atoms with Gasteiger partial charge in [0, 0.05) is 56.3 Å². The van der Waals surface area contributed by atoms with E-state index in [0.717, 1.165) is 51.4 Å². The van der Waals surface area contributed by atoms with Gasteiger partial charge in [-0.1, -0.05) is 24.3 Å². The summed E-state index contributed by atoms with van der Waals surface area (Å²) in [5, 5.41) is 3.12. The zero-order valence-electron chi connectivity index (χ0n) is 14.9. The van der Waals surface area contributed by atoms with Gasteiger partial charge >= 0.3 is 0 Å². The molecule has 2 aliphatic heterocycles. The maximum Gasteiger partial charge on any atom is 0.229 e. The second-order valence-electron chi connectivity index (χ2n) is 7.41. The third-order valence-electron chi connectivity index (χ3n) is 5.69. The van der Waals surface area contributed by atoms with E-state index in [1.807, 2.05) is 42.6 Å². The zero-order valence-corrected chi connectivity index (χ0v) is 14.9. The molecule has 1 aromatic heterocycles. The molecule has 2 saturated heterocycles. The Kier molecular flexibility index (Phi) is 5.00. The first-order valence-corrected chi connectivity index (χ1v) is 9.30. The molecule has 0 radical (unpaired) electrons. The quantitative estimate of drug-likeness (QED) is 0.920. The molecule has 0 saturated carbocycles. The van der Waals surface area contributed by atoms with Crippen LogP contribution in [0.15, 0.2) is 54.9 Å². The highest BCUT2D eigenvalue weighted by molar-refractivity contribution is 5.93. The van der Waals surface area contributed by atoms with E-state index in [1.165, 1.54) is 5.56 Å². The van der Waals surface area contributed by atoms with Gasteiger partial charge in [-0.25, -0.2) is 0 Å². The first-order valence-electron chi connectivity index (χ1n) is 9.30. The monoisotopic (exact) mass is 351 g/mol. The molecule has 1 aromatic carbocycles. The molecule has 4 rings (SSSR count). The predicted molar refractivity (Wildman–Crippen MR) is 101 cm³/mol. The molecule has 26 heavy (non-hydrogen) atoms. The molecule has 2 aliphatic rings. The van der Waals surface area contributed by atoms with Crippen LogP contribution < -0.4 is 5.32 Å². The minimum atomic E-state index is -0.0109. The van der Waals surface area contributed by atoms with Gasteiger partial charge < -0.3 is 10.1 Å². The number of carbonyl (C=O) groups is 1. The number of anilines is 1. The number of amides is 1. The van der Waals surface area contributed by atoms with Gasteiger partial charge in [0.15, 0.2) is 0 Å². The van der Waals surface area contributed by atoms with Gasteiger partial charge in [0.25, 0.3) is 0 Å². The number of likely N-dealkylation sites (tertiary alicyclic amines) is 1. The van der Waals surface area contributed by atoms with E-state index in [-0.39, 0.29) is 17.2 Å². The molecule has 5 heteroatoms. The van der Waals surface area contributed by atoms with E-state index in [4.69, 9.17) is 4.74 Å². The summed E-state index contributed by atoms with van der Waals surface area (Å²) in [5.41, 5.74) is 2.07. The maximum atomic E-state index is 13.1. The average molecular weight is 351 g/mol. The molecule has 0 unspecified atom stereocenters. The number of nitrogens with zero attached hydrogens (tertiary/aromatic N) is 2. The van der Waals surface area contributed by atoms with Crippen molar-refractivity contribution in [1.82, 2.24) is 9.88 Å². The summed E-state index contributed by atoms with van der Waals surface area (Å²) >= 11 is 0. The van der Waals surface area contributed by atoms with Gasteiger partial charge in [-0.15, -0.1) is 0 Å². The van der Waals surface area contributed by atoms with E-state index < -0.39 is 0 Å². The van der Waals surface area contributed by atoms with Crippen LogP contribution in [0.2, 0.25) is 0 Å². The van der Waals surface area contributed by atoms with Crippen LogP contribution >= 0.6 is 0 Å². The van der Waals surface area contributed by atoms with Crippen LogP contribution in [-0.2, 0) is 16.1 Å². The summed E-state index contributed by atoms with van der Waals surface area (Å²) < 4.78 is 5.60. The van der Waals surface area contributed by atoms with Crippen molar-refractivity contribution < 1.29 is 9.53 Å². The van der Waals surface area contributed by atoms with Gasteiger partial charge in [-0.05, 0) is 36.6 Å². The third-order valence-corrected chi connectivity index (χ3v) is 5.69. The molecular weight excluding hydrogens is 326 g/mol. The molecule has 1 amide bonds. The lowest BCUT2D eigenvalue weighted by atomic mass is 9.71. The molecule has 1 N–H and O–H groups in total. The normalized spacial score (nSPS) is 22.4. The number of nitrogens with one attached hydrogen (secondary N) is 1. The summed E-state index contributed by atoms with van der Waals surface area (Å²) in [6, 6.07) is 13.8. The summed E-state index contributed by atoms with van der Waals surface area (Å²) in [6.07, 6.45) is 5.60. The molecule has 2 fully saturated rings. The second-order valence-corrected chi connectivity index (χ2v) is 7.41. The van der Waals surface area contributed by atoms with Crippen molar-refractivity contribution in [1.29, 1.82) is 0 Å². The molecule has 0 bridgehead atoms. The predicted octanol–water partition coefficient (Wildman–Crippen LogP) is 2.95. The van der Waals surface area contributed by atoms with Gasteiger partial charge in [0.1, 0.15) is 0 Å². The van der Waals surface area contributed by atoms with E-state index in [0.29, 0.717) is 0 Å². The molecule has 5 nitrogen and oxygen atoms in total. The van der Waals surface area contributed by atoms with E-state index >= 15 is 0 Å². The molecule has 2 aromatic rings. The van der Waals surface area contributed by atoms with Crippen LogP contribution in [0.3, 0.4) is 0 Å². The van der Waals surface area contributed by atoms with Crippen LogP contribution in [-0.4, -0.2) is 42.1 Å². The Bertz CT molecular complexity index is 729. The highest BCUT2D eigenvalue weighted by Gasteiger charge is 2.50. The van der Waals surface area contributed by atoms with Crippen LogP contribution in [0.1, 0.15) is 18.4 Å². The van der Waals surface area contributed by atoms with Gasteiger partial charge in [0.05, 0.1) is 5.92 Å². The Balaban J connectivity index is 1.51. The summed E-state index contributed by atoms with van der Waals surface area (Å²) in [4.78, 5) is 19.7. The minimum Gasteiger partial charge on any atom is -0.381 e. The number of pyridine rings is 1. The average Bonchev–Trinajstić information content (AvgIpc) is 3.01. The SMILES string of the molecule is O=C(Nc1ccccc1)[C@H]1CN(Cc2cccnc2)CC12CCOCC2. The van der Waals surface area contributed by atoms with Gasteiger partial charge in [-0.3, -0.25) is 14.7 Å². The van der Waals surface area contributed by atoms with Gasteiger partial charge in [-0.2, -0.15) is 0 Å². The standard InChI is InChI=1S/C21H25N3O2/c25-20(23-18-6-2-1-3-7-18)19-15-24(14-17-5-4-10-22-13-17)16-21(19)8-11-26-12-9-21/h1-7,10,13,19H,8-9,11-12,14-16H2,(H,23,25)/t19-/m1/s1. The lowest BCUT2D eigenvalue weighted by Crippen LogP contribution is -2.42. The number of aromatic nitrogens is 1. The molecule has 1 spiro atoms. The number of ether oxygens (including phenoxy) is 1. The molecule has 0 aliphatic carbocycles. The maximum absolute atomic E-state index is 13.1. The molecule has 136 valence electrons. The summed E-state index contributed by atoms with van der Waals surface area (Å²) in [5.74, 6) is 0.120. The molecule has 1 atom stereocenters. The van der Waals surface area contributed by atoms with Crippen LogP contribution in [0.25, 0.3) is 0 Å². The summed E-state index contributed by atoms with van der Waals surface area (Å²) in [6.45, 7) is 4.06. The number of rotatable bonds is 4. The zero-order chi connectivity index (χ0) is 17.8. The third kappa shape index (κ3) is 3.64. The topological polar surface area (TPSA) is 54.5 Å². The smallest absolute Gasteiger partial charge is 0.229 e. The Morgan fingerprint density at radius 2 is 2.00 bits per heavy atom. The number of para-hydroxylation sites is 1. The Morgan fingerprint density at radius 3 is 2.73 bits per heavy atom. The molecular formula is C21H25N3O2. The number of carbonyl (C=O) groups excluding carboxylic acids is 1. The van der Waals surface area contributed by atoms with Crippen molar-refractivity contribution in [2.75, 3.05) is 31.6 Å². The van der Waals surface area contributed by atoms with Crippen LogP contribution in [0.4, 0.5) is 5.69 Å². The highest BCUT2D eigenvalue weighted by atomic mass is 16.5. The summed E-state index contributed by atoms with van der Waals surface area (Å²) in [7, 11) is 0. The van der Waals surface area contributed by atoms with Crippen molar-refractivity contribution in [3.05, 3.63) is 60.4 Å². The second kappa shape index (κ2) is 7.56. The highest BCUT2D eigenvalue weighted by Crippen LogP contribution is 2.45. The molecule has 3 heterocycles. The number of benzene rings is 1. The largest absolute Gasteiger partial charge is 0.381 e. The van der Waals surface area contributed by atoms with Crippen molar-refractivity contribution in [2.45, 2.75) is 19.4 Å². The van der Waals surface area contributed by atoms with Crippen molar-refractivity contribution in [3.8, 4) is 0 Å². The Hall–Kier alpha value is -2.24. The lowest BCUT2D eigenvalue weighted by Gasteiger charge is -2.37.